The molecule has 2 atom stereocenters. The number of halogens is 1. The predicted molar refractivity (Wildman–Crippen MR) is 77.6 cm³/mol. The zero-order valence-electron chi connectivity index (χ0n) is 11.0. The van der Waals surface area contributed by atoms with Gasteiger partial charge < -0.3 is 15.4 Å². The third-order valence-corrected chi connectivity index (χ3v) is 4.16. The van der Waals surface area contributed by atoms with Gasteiger partial charge in [-0.1, -0.05) is 34.1 Å². The Morgan fingerprint density at radius 2 is 2.21 bits per heavy atom. The minimum absolute atomic E-state index is 0.0332. The van der Waals surface area contributed by atoms with Gasteiger partial charge in [0.2, 0.25) is 0 Å². The lowest BCUT2D eigenvalue weighted by molar-refractivity contribution is -0.141. The first kappa shape index (κ1) is 14.5. The number of hydrogen-bond acceptors (Lipinski definition) is 3. The van der Waals surface area contributed by atoms with Crippen molar-refractivity contribution in [2.24, 2.45) is 5.73 Å². The van der Waals surface area contributed by atoms with Crippen LogP contribution in [0.5, 0.6) is 0 Å². The van der Waals surface area contributed by atoms with Crippen molar-refractivity contribution < 1.29 is 9.53 Å². The number of amides is 1. The molecule has 5 heteroatoms. The Kier molecular flexibility index (Phi) is 4.96. The molecule has 0 saturated carbocycles. The summed E-state index contributed by atoms with van der Waals surface area (Å²) in [5.41, 5.74) is 6.65. The fourth-order valence-corrected chi connectivity index (χ4v) is 2.68. The number of likely N-dealkylation sites (N-methyl/N-ethyl adjacent to an activating group) is 1. The van der Waals surface area contributed by atoms with E-state index in [-0.39, 0.29) is 18.1 Å². The molecular weight excluding hydrogens is 308 g/mol. The summed E-state index contributed by atoms with van der Waals surface area (Å²) >= 11 is 3.49. The van der Waals surface area contributed by atoms with Crippen molar-refractivity contribution >= 4 is 21.8 Å². The number of rotatable bonds is 4. The first-order valence-electron chi connectivity index (χ1n) is 6.45. The standard InChI is InChI=1S/C14H19BrN2O2/c1-17(9-10-4-2-3-5-12(10)15)14(18)13-7-6-11(8-16)19-13/h2-5,11,13H,6-9,16H2,1H3/t11-,13+/m1/s1. The van der Waals surface area contributed by atoms with Gasteiger partial charge in [-0.15, -0.1) is 0 Å². The van der Waals surface area contributed by atoms with Crippen molar-refractivity contribution in [1.29, 1.82) is 0 Å². The molecule has 0 aromatic heterocycles. The molecule has 1 aromatic carbocycles. The van der Waals surface area contributed by atoms with E-state index in [1.54, 1.807) is 11.9 Å². The lowest BCUT2D eigenvalue weighted by Gasteiger charge is -2.22. The maximum Gasteiger partial charge on any atom is 0.251 e. The third kappa shape index (κ3) is 3.55. The Balaban J connectivity index is 1.95. The lowest BCUT2D eigenvalue weighted by Crippen LogP contribution is -2.36. The monoisotopic (exact) mass is 326 g/mol. The summed E-state index contributed by atoms with van der Waals surface area (Å²) in [6, 6.07) is 7.91. The Morgan fingerprint density at radius 3 is 2.84 bits per heavy atom. The molecular formula is C14H19BrN2O2. The lowest BCUT2D eigenvalue weighted by atomic mass is 10.1. The number of hydrogen-bond donors (Lipinski definition) is 1. The van der Waals surface area contributed by atoms with Crippen molar-refractivity contribution in [3.63, 3.8) is 0 Å². The van der Waals surface area contributed by atoms with Crippen molar-refractivity contribution in [1.82, 2.24) is 4.90 Å². The summed E-state index contributed by atoms with van der Waals surface area (Å²) in [4.78, 5) is 14.0. The molecule has 1 amide bonds. The van der Waals surface area contributed by atoms with Crippen LogP contribution < -0.4 is 5.73 Å². The summed E-state index contributed by atoms with van der Waals surface area (Å²) in [5.74, 6) is 0.0340. The Hall–Kier alpha value is -0.910. The van der Waals surface area contributed by atoms with Gasteiger partial charge in [-0.2, -0.15) is 0 Å². The summed E-state index contributed by atoms with van der Waals surface area (Å²) in [7, 11) is 1.81. The van der Waals surface area contributed by atoms with Crippen LogP contribution in [0, 0.1) is 0 Å². The Morgan fingerprint density at radius 1 is 1.47 bits per heavy atom. The van der Waals surface area contributed by atoms with E-state index in [2.05, 4.69) is 15.9 Å². The molecule has 19 heavy (non-hydrogen) atoms. The van der Waals surface area contributed by atoms with E-state index in [9.17, 15) is 4.79 Å². The van der Waals surface area contributed by atoms with Gasteiger partial charge in [0, 0.05) is 24.6 Å². The number of nitrogens with two attached hydrogens (primary N) is 1. The third-order valence-electron chi connectivity index (χ3n) is 3.39. The van der Waals surface area contributed by atoms with E-state index in [0.717, 1.165) is 22.9 Å². The summed E-state index contributed by atoms with van der Waals surface area (Å²) < 4.78 is 6.65. The van der Waals surface area contributed by atoms with Crippen LogP contribution >= 0.6 is 15.9 Å². The van der Waals surface area contributed by atoms with E-state index in [1.165, 1.54) is 0 Å². The highest BCUT2D eigenvalue weighted by Gasteiger charge is 2.31. The number of ether oxygens (including phenoxy) is 1. The highest BCUT2D eigenvalue weighted by atomic mass is 79.9. The molecule has 0 bridgehead atoms. The van der Waals surface area contributed by atoms with Crippen LogP contribution in [-0.2, 0) is 16.1 Å². The molecule has 4 nitrogen and oxygen atoms in total. The first-order chi connectivity index (χ1) is 9.11. The highest BCUT2D eigenvalue weighted by Crippen LogP contribution is 2.22. The highest BCUT2D eigenvalue weighted by molar-refractivity contribution is 9.10. The first-order valence-corrected chi connectivity index (χ1v) is 7.25. The summed E-state index contributed by atoms with van der Waals surface area (Å²) in [6.45, 7) is 1.06. The molecule has 104 valence electrons. The smallest absolute Gasteiger partial charge is 0.251 e. The van der Waals surface area contributed by atoms with E-state index in [1.807, 2.05) is 24.3 Å². The number of carbonyl (C=O) groups excluding carboxylic acids is 1. The Labute approximate surface area is 122 Å². The molecule has 0 unspecified atom stereocenters. The van der Waals surface area contributed by atoms with Crippen LogP contribution in [0.2, 0.25) is 0 Å². The molecule has 1 aromatic rings. The SMILES string of the molecule is CN(Cc1ccccc1Br)C(=O)[C@@H]1CC[C@H](CN)O1. The predicted octanol–water partition coefficient (Wildman–Crippen LogP) is 1.91. The van der Waals surface area contributed by atoms with Crippen LogP contribution in [0.4, 0.5) is 0 Å². The minimum Gasteiger partial charge on any atom is -0.364 e. The van der Waals surface area contributed by atoms with Crippen LogP contribution in [0.15, 0.2) is 28.7 Å². The van der Waals surface area contributed by atoms with E-state index >= 15 is 0 Å². The van der Waals surface area contributed by atoms with Gasteiger partial charge in [-0.05, 0) is 24.5 Å². The van der Waals surface area contributed by atoms with Gasteiger partial charge in [0.05, 0.1) is 6.10 Å². The molecule has 0 spiro atoms. The topological polar surface area (TPSA) is 55.6 Å². The maximum absolute atomic E-state index is 12.3. The molecule has 2 rings (SSSR count). The quantitative estimate of drug-likeness (QED) is 0.919. The van der Waals surface area contributed by atoms with Crippen molar-refractivity contribution in [3.8, 4) is 0 Å². The summed E-state index contributed by atoms with van der Waals surface area (Å²) in [6.07, 6.45) is 1.34. The number of nitrogens with zero attached hydrogens (tertiary/aromatic N) is 1. The minimum atomic E-state index is -0.332. The maximum atomic E-state index is 12.3. The fourth-order valence-electron chi connectivity index (χ4n) is 2.27. The molecule has 2 N–H and O–H groups in total. The van der Waals surface area contributed by atoms with Crippen LogP contribution in [0.25, 0.3) is 0 Å². The van der Waals surface area contributed by atoms with E-state index in [4.69, 9.17) is 10.5 Å². The number of carbonyl (C=O) groups is 1. The molecule has 1 heterocycles. The molecule has 1 aliphatic rings. The molecule has 1 saturated heterocycles. The summed E-state index contributed by atoms with van der Waals surface area (Å²) in [5, 5.41) is 0. The van der Waals surface area contributed by atoms with Crippen molar-refractivity contribution in [2.45, 2.75) is 31.6 Å². The van der Waals surface area contributed by atoms with Crippen molar-refractivity contribution in [3.05, 3.63) is 34.3 Å². The van der Waals surface area contributed by atoms with Crippen LogP contribution in [-0.4, -0.2) is 36.6 Å². The number of benzene rings is 1. The van der Waals surface area contributed by atoms with E-state index in [0.29, 0.717) is 13.1 Å². The van der Waals surface area contributed by atoms with Crippen molar-refractivity contribution in [2.75, 3.05) is 13.6 Å². The average Bonchev–Trinajstić information content (AvgIpc) is 2.89. The van der Waals surface area contributed by atoms with Gasteiger partial charge in [-0.3, -0.25) is 4.79 Å². The molecule has 0 radical (unpaired) electrons. The second kappa shape index (κ2) is 6.50. The van der Waals surface area contributed by atoms with Gasteiger partial charge >= 0.3 is 0 Å². The molecule has 1 fully saturated rings. The van der Waals surface area contributed by atoms with E-state index < -0.39 is 0 Å². The second-order valence-corrected chi connectivity index (χ2v) is 5.70. The van der Waals surface area contributed by atoms with Crippen LogP contribution in [0.3, 0.4) is 0 Å². The Bertz CT molecular complexity index is 453. The molecule has 0 aliphatic carbocycles. The zero-order valence-corrected chi connectivity index (χ0v) is 12.6. The zero-order chi connectivity index (χ0) is 13.8. The molecule has 1 aliphatic heterocycles. The van der Waals surface area contributed by atoms with Gasteiger partial charge in [0.1, 0.15) is 6.10 Å². The van der Waals surface area contributed by atoms with Gasteiger partial charge in [0.15, 0.2) is 0 Å². The van der Waals surface area contributed by atoms with Gasteiger partial charge in [0.25, 0.3) is 5.91 Å². The largest absolute Gasteiger partial charge is 0.364 e. The second-order valence-electron chi connectivity index (χ2n) is 4.85. The van der Waals surface area contributed by atoms with Crippen LogP contribution in [0.1, 0.15) is 18.4 Å². The average molecular weight is 327 g/mol. The normalized spacial score (nSPS) is 22.5. The van der Waals surface area contributed by atoms with Gasteiger partial charge in [-0.25, -0.2) is 0 Å². The fraction of sp³-hybridized carbons (Fsp3) is 0.500.